The number of carbonyl (C=O) groups excluding carboxylic acids is 1. The number of likely N-dealkylation sites (tertiary alicyclic amines) is 1. The third kappa shape index (κ3) is 3.09. The Labute approximate surface area is 174 Å². The molecule has 1 saturated heterocycles. The smallest absolute Gasteiger partial charge is 0.259 e. The Morgan fingerprint density at radius 1 is 1.10 bits per heavy atom. The number of aromatic nitrogens is 3. The lowest BCUT2D eigenvalue weighted by Gasteiger charge is -2.32. The number of rotatable bonds is 3. The Balaban J connectivity index is 1.44. The molecule has 1 aliphatic heterocycles. The molecule has 0 radical (unpaired) electrons. The Kier molecular flexibility index (Phi) is 4.62. The average molecular weight is 400 g/mol. The van der Waals surface area contributed by atoms with Crippen LogP contribution >= 0.6 is 0 Å². The predicted octanol–water partition coefficient (Wildman–Crippen LogP) is 4.85. The lowest BCUT2D eigenvalue weighted by atomic mass is 9.88. The van der Waals surface area contributed by atoms with E-state index in [1.165, 1.54) is 22.2 Å². The van der Waals surface area contributed by atoms with Crippen molar-refractivity contribution in [2.24, 2.45) is 0 Å². The first kappa shape index (κ1) is 18.6. The van der Waals surface area contributed by atoms with Crippen LogP contribution in [0.3, 0.4) is 0 Å². The zero-order chi connectivity index (χ0) is 20.7. The van der Waals surface area contributed by atoms with E-state index in [2.05, 4.69) is 51.5 Å². The summed E-state index contributed by atoms with van der Waals surface area (Å²) in [5.74, 6) is 0.986. The van der Waals surface area contributed by atoms with Gasteiger partial charge in [0.25, 0.3) is 5.91 Å². The summed E-state index contributed by atoms with van der Waals surface area (Å²) in [6.45, 7) is 5.06. The number of aromatic amines is 1. The van der Waals surface area contributed by atoms with Crippen molar-refractivity contribution >= 4 is 16.8 Å². The third-order valence-electron chi connectivity index (χ3n) is 6.14. The fourth-order valence-electron chi connectivity index (χ4n) is 4.62. The lowest BCUT2D eigenvalue weighted by Crippen LogP contribution is -2.38. The van der Waals surface area contributed by atoms with Crippen molar-refractivity contribution in [3.05, 3.63) is 71.5 Å². The summed E-state index contributed by atoms with van der Waals surface area (Å²) in [5, 5.41) is 5.16. The number of hydrogen-bond donors (Lipinski definition) is 1. The van der Waals surface area contributed by atoms with E-state index in [9.17, 15) is 4.79 Å². The fourth-order valence-corrected chi connectivity index (χ4v) is 4.62. The fraction of sp³-hybridized carbons (Fsp3) is 0.292. The highest BCUT2D eigenvalue weighted by Crippen LogP contribution is 2.39. The van der Waals surface area contributed by atoms with Crippen LogP contribution in [0.1, 0.15) is 46.3 Å². The van der Waals surface area contributed by atoms with Crippen molar-refractivity contribution in [1.82, 2.24) is 20.0 Å². The average Bonchev–Trinajstić information content (AvgIpc) is 3.34. The van der Waals surface area contributed by atoms with Crippen LogP contribution < -0.4 is 0 Å². The number of amides is 1. The Hall–Kier alpha value is -3.41. The minimum absolute atomic E-state index is 0.0238. The number of hydrogen-bond acceptors (Lipinski definition) is 4. The summed E-state index contributed by atoms with van der Waals surface area (Å²) in [7, 11) is 0. The molecule has 3 aromatic heterocycles. The molecular weight excluding hydrogens is 376 g/mol. The Bertz CT molecular complexity index is 1180. The van der Waals surface area contributed by atoms with Gasteiger partial charge in [-0.3, -0.25) is 9.78 Å². The zero-order valence-corrected chi connectivity index (χ0v) is 17.2. The second kappa shape index (κ2) is 7.44. The van der Waals surface area contributed by atoms with Crippen molar-refractivity contribution in [3.8, 4) is 11.1 Å². The van der Waals surface area contributed by atoms with E-state index in [0.717, 1.165) is 31.4 Å². The van der Waals surface area contributed by atoms with Crippen LogP contribution in [0, 0.1) is 13.8 Å². The van der Waals surface area contributed by atoms with Gasteiger partial charge in [0, 0.05) is 53.6 Å². The van der Waals surface area contributed by atoms with E-state index in [0.29, 0.717) is 22.9 Å². The second-order valence-corrected chi connectivity index (χ2v) is 7.96. The van der Waals surface area contributed by atoms with E-state index in [4.69, 9.17) is 4.52 Å². The summed E-state index contributed by atoms with van der Waals surface area (Å²) in [6, 6.07) is 12.6. The van der Waals surface area contributed by atoms with E-state index in [-0.39, 0.29) is 5.91 Å². The highest BCUT2D eigenvalue weighted by Gasteiger charge is 2.30. The standard InChI is InChI=1S/C24H24N4O2/c1-15-21(16(2)30-27-15)24(29)28-13-9-18(10-14-28)23-22(17-7-11-25-12-8-17)19-5-3-4-6-20(19)26-23/h3-8,11-12,18,26H,9-10,13-14H2,1-2H3. The van der Waals surface area contributed by atoms with Crippen molar-refractivity contribution in [2.45, 2.75) is 32.6 Å². The molecule has 6 nitrogen and oxygen atoms in total. The maximum atomic E-state index is 13.0. The van der Waals surface area contributed by atoms with Crippen LogP contribution in [-0.2, 0) is 0 Å². The summed E-state index contributed by atoms with van der Waals surface area (Å²) in [6.07, 6.45) is 5.51. The largest absolute Gasteiger partial charge is 0.361 e. The van der Waals surface area contributed by atoms with E-state index < -0.39 is 0 Å². The Morgan fingerprint density at radius 3 is 2.53 bits per heavy atom. The molecule has 30 heavy (non-hydrogen) atoms. The van der Waals surface area contributed by atoms with Gasteiger partial charge in [0.05, 0.1) is 5.69 Å². The molecule has 1 fully saturated rings. The molecule has 0 aliphatic carbocycles. The van der Waals surface area contributed by atoms with Crippen LogP contribution in [0.15, 0.2) is 53.3 Å². The van der Waals surface area contributed by atoms with Crippen LogP contribution in [0.25, 0.3) is 22.0 Å². The number of nitrogens with zero attached hydrogens (tertiary/aromatic N) is 3. The molecule has 1 N–H and O–H groups in total. The summed E-state index contributed by atoms with van der Waals surface area (Å²) in [4.78, 5) is 22.8. The van der Waals surface area contributed by atoms with Crippen LogP contribution in [0.2, 0.25) is 0 Å². The van der Waals surface area contributed by atoms with Gasteiger partial charge < -0.3 is 14.4 Å². The maximum absolute atomic E-state index is 13.0. The van der Waals surface area contributed by atoms with E-state index in [1.807, 2.05) is 24.2 Å². The SMILES string of the molecule is Cc1noc(C)c1C(=O)N1CCC(c2[nH]c3ccccc3c2-c2ccncc2)CC1. The van der Waals surface area contributed by atoms with Crippen LogP contribution in [0.4, 0.5) is 0 Å². The van der Waals surface area contributed by atoms with Gasteiger partial charge in [-0.2, -0.15) is 0 Å². The molecule has 0 spiro atoms. The zero-order valence-electron chi connectivity index (χ0n) is 17.2. The van der Waals surface area contributed by atoms with Gasteiger partial charge in [-0.1, -0.05) is 23.4 Å². The molecule has 6 heteroatoms. The number of piperidine rings is 1. The first-order chi connectivity index (χ1) is 14.6. The van der Waals surface area contributed by atoms with Crippen molar-refractivity contribution in [2.75, 3.05) is 13.1 Å². The number of nitrogens with one attached hydrogen (secondary N) is 1. The van der Waals surface area contributed by atoms with Crippen molar-refractivity contribution < 1.29 is 9.32 Å². The molecule has 152 valence electrons. The number of carbonyl (C=O) groups is 1. The lowest BCUT2D eigenvalue weighted by molar-refractivity contribution is 0.0710. The van der Waals surface area contributed by atoms with Gasteiger partial charge in [-0.25, -0.2) is 0 Å². The van der Waals surface area contributed by atoms with Gasteiger partial charge in [0.1, 0.15) is 11.3 Å². The number of aryl methyl sites for hydroxylation is 2. The molecule has 0 unspecified atom stereocenters. The molecule has 5 rings (SSSR count). The molecule has 1 aliphatic rings. The number of fused-ring (bicyclic) bond motifs is 1. The highest BCUT2D eigenvalue weighted by atomic mass is 16.5. The number of benzene rings is 1. The molecule has 1 amide bonds. The van der Waals surface area contributed by atoms with Crippen molar-refractivity contribution in [3.63, 3.8) is 0 Å². The minimum atomic E-state index is 0.0238. The van der Waals surface area contributed by atoms with Gasteiger partial charge in [-0.15, -0.1) is 0 Å². The van der Waals surface area contributed by atoms with E-state index >= 15 is 0 Å². The molecule has 4 aromatic rings. The Morgan fingerprint density at radius 2 is 1.83 bits per heavy atom. The normalized spacial score (nSPS) is 15.1. The summed E-state index contributed by atoms with van der Waals surface area (Å²) >= 11 is 0. The van der Waals surface area contributed by atoms with Gasteiger partial charge in [0.2, 0.25) is 0 Å². The van der Waals surface area contributed by atoms with Gasteiger partial charge >= 0.3 is 0 Å². The maximum Gasteiger partial charge on any atom is 0.259 e. The van der Waals surface area contributed by atoms with Gasteiger partial charge in [0.15, 0.2) is 0 Å². The first-order valence-electron chi connectivity index (χ1n) is 10.4. The monoisotopic (exact) mass is 400 g/mol. The van der Waals surface area contributed by atoms with Crippen LogP contribution in [0.5, 0.6) is 0 Å². The van der Waals surface area contributed by atoms with Crippen LogP contribution in [-0.4, -0.2) is 39.0 Å². The predicted molar refractivity (Wildman–Crippen MR) is 115 cm³/mol. The van der Waals surface area contributed by atoms with Crippen molar-refractivity contribution in [1.29, 1.82) is 0 Å². The third-order valence-corrected chi connectivity index (χ3v) is 6.14. The number of pyridine rings is 1. The van der Waals surface area contributed by atoms with E-state index in [1.54, 1.807) is 6.92 Å². The molecule has 0 atom stereocenters. The molecule has 0 saturated carbocycles. The summed E-state index contributed by atoms with van der Waals surface area (Å²) < 4.78 is 5.19. The molecule has 4 heterocycles. The summed E-state index contributed by atoms with van der Waals surface area (Å²) in [5.41, 5.74) is 6.10. The van der Waals surface area contributed by atoms with Gasteiger partial charge in [-0.05, 0) is 50.5 Å². The molecular formula is C24H24N4O2. The molecule has 0 bridgehead atoms. The second-order valence-electron chi connectivity index (χ2n) is 7.96. The molecule has 1 aromatic carbocycles. The minimum Gasteiger partial charge on any atom is -0.361 e. The first-order valence-corrected chi connectivity index (χ1v) is 10.4. The number of H-pyrrole nitrogens is 1. The topological polar surface area (TPSA) is 75.0 Å². The highest BCUT2D eigenvalue weighted by molar-refractivity contribution is 5.98. The quantitative estimate of drug-likeness (QED) is 0.533. The number of para-hydroxylation sites is 1.